The molecule has 8 heteroatoms. The van der Waals surface area contributed by atoms with E-state index in [1.54, 1.807) is 0 Å². The highest BCUT2D eigenvalue weighted by Gasteiger charge is 2.15. The lowest BCUT2D eigenvalue weighted by molar-refractivity contribution is -0.120. The Hall–Kier alpha value is -1.95. The molecule has 0 radical (unpaired) electrons. The number of hydrogen-bond acceptors (Lipinski definition) is 4. The summed E-state index contributed by atoms with van der Waals surface area (Å²) in [5.74, 6) is 3.94. The monoisotopic (exact) mass is 313 g/mol. The topological polar surface area (TPSA) is 101 Å². The van der Waals surface area contributed by atoms with Crippen LogP contribution in [0.4, 0.5) is 4.39 Å². The Morgan fingerprint density at radius 3 is 2.71 bits per heavy atom. The highest BCUT2D eigenvalue weighted by molar-refractivity contribution is 7.89. The number of nitrogens with one attached hydrogen (secondary N) is 2. The molecule has 0 fully saturated rings. The molecule has 1 aromatic rings. The summed E-state index contributed by atoms with van der Waals surface area (Å²) in [5.41, 5.74) is 5.26. The van der Waals surface area contributed by atoms with Crippen LogP contribution in [-0.4, -0.2) is 34.5 Å². The number of nitrogens with two attached hydrogens (primary N) is 1. The van der Waals surface area contributed by atoms with Gasteiger partial charge in [-0.2, -0.15) is 0 Å². The van der Waals surface area contributed by atoms with Crippen LogP contribution in [0.5, 0.6) is 0 Å². The van der Waals surface area contributed by atoms with Crippen molar-refractivity contribution >= 4 is 15.9 Å². The van der Waals surface area contributed by atoms with Gasteiger partial charge < -0.3 is 11.1 Å². The van der Waals surface area contributed by atoms with Crippen molar-refractivity contribution in [2.45, 2.75) is 11.3 Å². The van der Waals surface area contributed by atoms with E-state index in [0.717, 1.165) is 6.07 Å². The summed E-state index contributed by atoms with van der Waals surface area (Å²) in [6.07, 6.45) is -0.00172. The highest BCUT2D eigenvalue weighted by atomic mass is 32.2. The van der Waals surface area contributed by atoms with Crippen molar-refractivity contribution in [2.24, 2.45) is 5.73 Å². The smallest absolute Gasteiger partial charge is 0.240 e. The summed E-state index contributed by atoms with van der Waals surface area (Å²) >= 11 is 0. The van der Waals surface area contributed by atoms with E-state index >= 15 is 0 Å². The lowest BCUT2D eigenvalue weighted by Gasteiger charge is -2.07. The standard InChI is InChI=1S/C13H16FN3O3S/c1-16-13(18)6-8-17-21(19,20)11-5-4-10(3-2-7-15)12(14)9-11/h4-5,9,17H,6-8,15H2,1H3,(H,16,18). The summed E-state index contributed by atoms with van der Waals surface area (Å²) in [5, 5.41) is 2.37. The summed E-state index contributed by atoms with van der Waals surface area (Å²) < 4.78 is 39.8. The van der Waals surface area contributed by atoms with E-state index in [0.29, 0.717) is 0 Å². The van der Waals surface area contributed by atoms with Crippen LogP contribution in [0.2, 0.25) is 0 Å². The number of sulfonamides is 1. The third-order valence-electron chi connectivity index (χ3n) is 2.50. The van der Waals surface area contributed by atoms with Gasteiger partial charge in [0.15, 0.2) is 0 Å². The number of halogens is 1. The number of carbonyl (C=O) groups is 1. The van der Waals surface area contributed by atoms with Gasteiger partial charge in [-0.3, -0.25) is 4.79 Å². The minimum Gasteiger partial charge on any atom is -0.359 e. The predicted octanol–water partition coefficient (Wildman–Crippen LogP) is -0.450. The number of benzene rings is 1. The number of hydrogen-bond donors (Lipinski definition) is 3. The van der Waals surface area contributed by atoms with Crippen molar-refractivity contribution in [2.75, 3.05) is 20.1 Å². The molecule has 21 heavy (non-hydrogen) atoms. The quantitative estimate of drug-likeness (QED) is 0.641. The second kappa shape index (κ2) is 7.73. The Kier molecular flexibility index (Phi) is 6.30. The Morgan fingerprint density at radius 1 is 1.43 bits per heavy atom. The minimum atomic E-state index is -3.87. The third-order valence-corrected chi connectivity index (χ3v) is 3.96. The van der Waals surface area contributed by atoms with Crippen LogP contribution in [0.3, 0.4) is 0 Å². The average Bonchev–Trinajstić information content (AvgIpc) is 2.45. The minimum absolute atomic E-state index is 0.00172. The SMILES string of the molecule is CNC(=O)CCNS(=O)(=O)c1ccc(C#CCN)c(F)c1. The molecule has 4 N–H and O–H groups in total. The number of carbonyl (C=O) groups excluding carboxylic acids is 1. The molecule has 0 heterocycles. The fraction of sp³-hybridized carbons (Fsp3) is 0.308. The first kappa shape index (κ1) is 17.1. The molecule has 114 valence electrons. The van der Waals surface area contributed by atoms with Crippen LogP contribution < -0.4 is 15.8 Å². The molecule has 0 bridgehead atoms. The van der Waals surface area contributed by atoms with Gasteiger partial charge in [0.1, 0.15) is 5.82 Å². The fourth-order valence-corrected chi connectivity index (χ4v) is 2.46. The Morgan fingerprint density at radius 2 is 2.14 bits per heavy atom. The van der Waals surface area contributed by atoms with Gasteiger partial charge in [-0.05, 0) is 18.2 Å². The number of amides is 1. The molecule has 0 atom stereocenters. The largest absolute Gasteiger partial charge is 0.359 e. The zero-order valence-corrected chi connectivity index (χ0v) is 12.3. The molecule has 0 saturated heterocycles. The summed E-state index contributed by atoms with van der Waals surface area (Å²) in [6.45, 7) is 0.0128. The van der Waals surface area contributed by atoms with Gasteiger partial charge in [0.05, 0.1) is 17.0 Å². The van der Waals surface area contributed by atoms with Crippen molar-refractivity contribution in [3.05, 3.63) is 29.6 Å². The molecule has 0 unspecified atom stereocenters. The van der Waals surface area contributed by atoms with Gasteiger partial charge in [-0.25, -0.2) is 17.5 Å². The molecule has 1 aromatic carbocycles. The van der Waals surface area contributed by atoms with E-state index in [9.17, 15) is 17.6 Å². The van der Waals surface area contributed by atoms with E-state index in [-0.39, 0.29) is 35.9 Å². The normalized spacial score (nSPS) is 10.6. The first-order chi connectivity index (χ1) is 9.90. The molecule has 6 nitrogen and oxygen atoms in total. The molecule has 0 aliphatic carbocycles. The molecular formula is C13H16FN3O3S. The Balaban J connectivity index is 2.84. The second-order valence-corrected chi connectivity index (χ2v) is 5.74. The lowest BCUT2D eigenvalue weighted by Crippen LogP contribution is -2.29. The van der Waals surface area contributed by atoms with E-state index in [2.05, 4.69) is 21.9 Å². The molecular weight excluding hydrogens is 297 g/mol. The highest BCUT2D eigenvalue weighted by Crippen LogP contribution is 2.14. The average molecular weight is 313 g/mol. The van der Waals surface area contributed by atoms with Crippen LogP contribution >= 0.6 is 0 Å². The lowest BCUT2D eigenvalue weighted by atomic mass is 10.2. The zero-order valence-electron chi connectivity index (χ0n) is 11.4. The van der Waals surface area contributed by atoms with Crippen LogP contribution in [0.15, 0.2) is 23.1 Å². The summed E-state index contributed by atoms with van der Waals surface area (Å²) in [4.78, 5) is 10.8. The van der Waals surface area contributed by atoms with Crippen LogP contribution in [0.1, 0.15) is 12.0 Å². The van der Waals surface area contributed by atoms with Gasteiger partial charge >= 0.3 is 0 Å². The van der Waals surface area contributed by atoms with Crippen molar-refractivity contribution in [3.63, 3.8) is 0 Å². The van der Waals surface area contributed by atoms with Crippen LogP contribution in [0.25, 0.3) is 0 Å². The van der Waals surface area contributed by atoms with E-state index < -0.39 is 15.8 Å². The summed E-state index contributed by atoms with van der Waals surface area (Å²) in [6, 6.07) is 3.39. The maximum absolute atomic E-state index is 13.7. The first-order valence-corrected chi connectivity index (χ1v) is 7.57. The summed E-state index contributed by atoms with van der Waals surface area (Å²) in [7, 11) is -2.42. The number of rotatable bonds is 5. The Labute approximate surface area is 123 Å². The van der Waals surface area contributed by atoms with Gasteiger partial charge in [-0.15, -0.1) is 0 Å². The predicted molar refractivity (Wildman–Crippen MR) is 76.2 cm³/mol. The van der Waals surface area contributed by atoms with Gasteiger partial charge in [0, 0.05) is 20.0 Å². The van der Waals surface area contributed by atoms with Crippen LogP contribution in [0, 0.1) is 17.7 Å². The molecule has 0 saturated carbocycles. The zero-order chi connectivity index (χ0) is 15.9. The van der Waals surface area contributed by atoms with E-state index in [1.807, 2.05) is 0 Å². The first-order valence-electron chi connectivity index (χ1n) is 6.09. The second-order valence-electron chi connectivity index (χ2n) is 3.97. The van der Waals surface area contributed by atoms with Crippen molar-refractivity contribution in [1.29, 1.82) is 0 Å². The van der Waals surface area contributed by atoms with Crippen molar-refractivity contribution in [3.8, 4) is 11.8 Å². The van der Waals surface area contributed by atoms with E-state index in [1.165, 1.54) is 19.2 Å². The Bertz CT molecular complexity index is 678. The molecule has 1 amide bonds. The third kappa shape index (κ3) is 5.15. The molecule has 0 aliphatic heterocycles. The maximum Gasteiger partial charge on any atom is 0.240 e. The maximum atomic E-state index is 13.7. The molecule has 0 spiro atoms. The van der Waals surface area contributed by atoms with Gasteiger partial charge in [-0.1, -0.05) is 11.8 Å². The van der Waals surface area contributed by atoms with Crippen LogP contribution in [-0.2, 0) is 14.8 Å². The van der Waals surface area contributed by atoms with Gasteiger partial charge in [0.25, 0.3) is 0 Å². The molecule has 1 rings (SSSR count). The van der Waals surface area contributed by atoms with Gasteiger partial charge in [0.2, 0.25) is 15.9 Å². The fourth-order valence-electron chi connectivity index (χ4n) is 1.42. The molecule has 0 aromatic heterocycles. The van der Waals surface area contributed by atoms with Crippen molar-refractivity contribution in [1.82, 2.24) is 10.0 Å². The van der Waals surface area contributed by atoms with E-state index in [4.69, 9.17) is 5.73 Å². The molecule has 0 aliphatic rings. The van der Waals surface area contributed by atoms with Crippen molar-refractivity contribution < 1.29 is 17.6 Å².